The molecule has 0 spiro atoms. The Morgan fingerprint density at radius 2 is 1.75 bits per heavy atom. The Balaban J connectivity index is 3.00. The summed E-state index contributed by atoms with van der Waals surface area (Å²) in [6.45, 7) is 7.57. The minimum absolute atomic E-state index is 0.0772. The highest BCUT2D eigenvalue weighted by atomic mass is 35.5. The lowest BCUT2D eigenvalue weighted by Crippen LogP contribution is -2.41. The molecule has 1 rings (SSSR count). The van der Waals surface area contributed by atoms with Crippen LogP contribution in [0.1, 0.15) is 27.7 Å². The first-order valence-corrected chi connectivity index (χ1v) is 7.97. The van der Waals surface area contributed by atoms with Gasteiger partial charge in [0.25, 0.3) is 0 Å². The zero-order valence-corrected chi connectivity index (χ0v) is 15.8. The minimum Gasteiger partial charge on any atom is -0.495 e. The predicted molar refractivity (Wildman–Crippen MR) is 95.0 cm³/mol. The zero-order valence-electron chi connectivity index (χ0n) is 15.0. The van der Waals surface area contributed by atoms with Crippen molar-refractivity contribution in [2.24, 2.45) is 5.41 Å². The molecule has 0 heterocycles. The smallest absolute Gasteiger partial charge is 0.225 e. The van der Waals surface area contributed by atoms with Crippen LogP contribution in [-0.4, -0.2) is 39.1 Å². The van der Waals surface area contributed by atoms with E-state index in [1.165, 1.54) is 26.0 Å². The predicted octanol–water partition coefficient (Wildman–Crippen LogP) is 2.87. The molecule has 1 aromatic rings. The van der Waals surface area contributed by atoms with Crippen molar-refractivity contribution in [3.63, 3.8) is 0 Å². The molecular weight excluding hydrogens is 332 g/mol. The summed E-state index contributed by atoms with van der Waals surface area (Å²) in [6.07, 6.45) is 0. The molecule has 0 aliphatic carbocycles. The van der Waals surface area contributed by atoms with E-state index in [-0.39, 0.29) is 11.8 Å². The molecular formula is C17H25ClN2O4. The van der Waals surface area contributed by atoms with Crippen LogP contribution < -0.4 is 19.7 Å². The maximum Gasteiger partial charge on any atom is 0.225 e. The second-order valence-corrected chi connectivity index (χ2v) is 6.74. The lowest BCUT2D eigenvalue weighted by Gasteiger charge is -2.25. The SMILES string of the molecule is COc1cc(N(CCNC(=O)C(C)(C)C)C(C)=O)c(OC)cc1Cl. The van der Waals surface area contributed by atoms with Gasteiger partial charge in [0, 0.05) is 37.6 Å². The van der Waals surface area contributed by atoms with Gasteiger partial charge < -0.3 is 19.7 Å². The Bertz CT molecular complexity index is 611. The van der Waals surface area contributed by atoms with Crippen molar-refractivity contribution in [1.82, 2.24) is 5.32 Å². The van der Waals surface area contributed by atoms with Crippen LogP contribution in [0.5, 0.6) is 11.5 Å². The molecule has 2 amide bonds. The third kappa shape index (κ3) is 5.03. The fourth-order valence-corrected chi connectivity index (χ4v) is 2.28. The Morgan fingerprint density at radius 3 is 2.21 bits per heavy atom. The molecule has 134 valence electrons. The van der Waals surface area contributed by atoms with Gasteiger partial charge in [0.05, 0.1) is 24.9 Å². The number of rotatable bonds is 6. The van der Waals surface area contributed by atoms with Gasteiger partial charge in [0.1, 0.15) is 11.5 Å². The van der Waals surface area contributed by atoms with Gasteiger partial charge in [0.15, 0.2) is 0 Å². The number of hydrogen-bond donors (Lipinski definition) is 1. The first-order valence-electron chi connectivity index (χ1n) is 7.59. The van der Waals surface area contributed by atoms with Crippen molar-refractivity contribution < 1.29 is 19.1 Å². The van der Waals surface area contributed by atoms with Gasteiger partial charge in [-0.25, -0.2) is 0 Å². The molecule has 6 nitrogen and oxygen atoms in total. The van der Waals surface area contributed by atoms with E-state index in [4.69, 9.17) is 21.1 Å². The van der Waals surface area contributed by atoms with E-state index in [0.29, 0.717) is 35.3 Å². The molecule has 0 saturated heterocycles. The highest BCUT2D eigenvalue weighted by Gasteiger charge is 2.22. The highest BCUT2D eigenvalue weighted by Crippen LogP contribution is 2.38. The number of nitrogens with zero attached hydrogens (tertiary/aromatic N) is 1. The summed E-state index contributed by atoms with van der Waals surface area (Å²) in [5.74, 6) is 0.643. The van der Waals surface area contributed by atoms with Crippen LogP contribution in [0.4, 0.5) is 5.69 Å². The molecule has 0 bridgehead atoms. The summed E-state index contributed by atoms with van der Waals surface area (Å²) in [4.78, 5) is 25.5. The Labute approximate surface area is 148 Å². The largest absolute Gasteiger partial charge is 0.495 e. The second kappa shape index (κ2) is 8.24. The maximum absolute atomic E-state index is 12.1. The number of nitrogens with one attached hydrogen (secondary N) is 1. The molecule has 0 radical (unpaired) electrons. The van der Waals surface area contributed by atoms with E-state index in [9.17, 15) is 9.59 Å². The fourth-order valence-electron chi connectivity index (χ4n) is 2.05. The van der Waals surface area contributed by atoms with Gasteiger partial charge in [-0.1, -0.05) is 32.4 Å². The van der Waals surface area contributed by atoms with E-state index < -0.39 is 5.41 Å². The maximum atomic E-state index is 12.1. The van der Waals surface area contributed by atoms with Gasteiger partial charge in [-0.15, -0.1) is 0 Å². The molecule has 0 saturated carbocycles. The first kappa shape index (κ1) is 20.1. The van der Waals surface area contributed by atoms with Crippen LogP contribution in [0.2, 0.25) is 5.02 Å². The standard InChI is InChI=1S/C17H25ClN2O4/c1-11(21)20(8-7-19-16(22)17(2,3)4)13-10-14(23-5)12(18)9-15(13)24-6/h9-10H,7-8H2,1-6H3,(H,19,22). The van der Waals surface area contributed by atoms with Crippen molar-refractivity contribution in [2.75, 3.05) is 32.2 Å². The van der Waals surface area contributed by atoms with Gasteiger partial charge in [-0.3, -0.25) is 9.59 Å². The van der Waals surface area contributed by atoms with Gasteiger partial charge in [-0.2, -0.15) is 0 Å². The van der Waals surface area contributed by atoms with Crippen LogP contribution in [0.3, 0.4) is 0 Å². The lowest BCUT2D eigenvalue weighted by molar-refractivity contribution is -0.128. The number of carbonyl (C=O) groups is 2. The van der Waals surface area contributed by atoms with E-state index >= 15 is 0 Å². The van der Waals surface area contributed by atoms with Crippen LogP contribution in [0.15, 0.2) is 12.1 Å². The molecule has 0 aromatic heterocycles. The fraction of sp³-hybridized carbons (Fsp3) is 0.529. The van der Waals surface area contributed by atoms with Crippen LogP contribution in [0.25, 0.3) is 0 Å². The Hall–Kier alpha value is -1.95. The number of carbonyl (C=O) groups excluding carboxylic acids is 2. The minimum atomic E-state index is -0.484. The molecule has 0 aliphatic heterocycles. The van der Waals surface area contributed by atoms with Crippen molar-refractivity contribution in [3.8, 4) is 11.5 Å². The lowest BCUT2D eigenvalue weighted by atomic mass is 9.96. The number of benzene rings is 1. The average Bonchev–Trinajstić information content (AvgIpc) is 2.50. The van der Waals surface area contributed by atoms with Crippen molar-refractivity contribution in [1.29, 1.82) is 0 Å². The van der Waals surface area contributed by atoms with Crippen LogP contribution in [0, 0.1) is 5.41 Å². The van der Waals surface area contributed by atoms with E-state index in [1.54, 1.807) is 12.1 Å². The summed E-state index contributed by atoms with van der Waals surface area (Å²) in [6, 6.07) is 3.24. The average molecular weight is 357 g/mol. The molecule has 0 aliphatic rings. The summed E-state index contributed by atoms with van der Waals surface area (Å²) in [5, 5.41) is 3.22. The van der Waals surface area contributed by atoms with Crippen molar-refractivity contribution in [2.45, 2.75) is 27.7 Å². The normalized spacial score (nSPS) is 11.0. The summed E-state index contributed by atoms with van der Waals surface area (Å²) in [7, 11) is 3.00. The quantitative estimate of drug-likeness (QED) is 0.851. The highest BCUT2D eigenvalue weighted by molar-refractivity contribution is 6.32. The number of methoxy groups -OCH3 is 2. The van der Waals surface area contributed by atoms with Crippen LogP contribution in [-0.2, 0) is 9.59 Å². The molecule has 0 unspecified atom stereocenters. The van der Waals surface area contributed by atoms with E-state index in [1.807, 2.05) is 20.8 Å². The topological polar surface area (TPSA) is 67.9 Å². The molecule has 1 aromatic carbocycles. The van der Waals surface area contributed by atoms with Gasteiger partial charge in [-0.05, 0) is 0 Å². The van der Waals surface area contributed by atoms with Gasteiger partial charge >= 0.3 is 0 Å². The third-order valence-electron chi connectivity index (χ3n) is 3.43. The molecule has 0 fully saturated rings. The van der Waals surface area contributed by atoms with Gasteiger partial charge in [0.2, 0.25) is 11.8 Å². The molecule has 0 atom stereocenters. The van der Waals surface area contributed by atoms with Crippen LogP contribution >= 0.6 is 11.6 Å². The molecule has 24 heavy (non-hydrogen) atoms. The first-order chi connectivity index (χ1) is 11.1. The second-order valence-electron chi connectivity index (χ2n) is 6.34. The van der Waals surface area contributed by atoms with E-state index in [2.05, 4.69) is 5.32 Å². The number of amides is 2. The summed E-state index contributed by atoms with van der Waals surface area (Å²) in [5.41, 5.74) is 0.0543. The van der Waals surface area contributed by atoms with E-state index in [0.717, 1.165) is 0 Å². The molecule has 7 heteroatoms. The van der Waals surface area contributed by atoms with Crippen molar-refractivity contribution >= 4 is 29.1 Å². The Morgan fingerprint density at radius 1 is 1.17 bits per heavy atom. The monoisotopic (exact) mass is 356 g/mol. The third-order valence-corrected chi connectivity index (χ3v) is 3.72. The Kier molecular flexibility index (Phi) is 6.90. The number of hydrogen-bond acceptors (Lipinski definition) is 4. The summed E-state index contributed by atoms with van der Waals surface area (Å²) >= 11 is 6.10. The molecule has 1 N–H and O–H groups in total. The zero-order chi connectivity index (χ0) is 18.5. The van der Waals surface area contributed by atoms with Crippen molar-refractivity contribution in [3.05, 3.63) is 17.2 Å². The number of ether oxygens (including phenoxy) is 2. The number of anilines is 1. The summed E-state index contributed by atoms with van der Waals surface area (Å²) < 4.78 is 10.5. The number of halogens is 1.